The Morgan fingerprint density at radius 1 is 0.867 bits per heavy atom. The molecule has 0 heterocycles. The minimum absolute atomic E-state index is 0.0654. The largest absolute Gasteiger partial charge is 0.352 e. The fourth-order valence-corrected chi connectivity index (χ4v) is 6.43. The third kappa shape index (κ3) is 9.02. The van der Waals surface area contributed by atoms with Gasteiger partial charge in [-0.3, -0.25) is 13.9 Å². The average Bonchev–Trinajstić information content (AvgIpc) is 3.03. The number of nitrogens with zero attached hydrogens (tertiary/aromatic N) is 2. The topological polar surface area (TPSA) is 86.8 Å². The Hall–Kier alpha value is -4.02. The molecule has 0 saturated heterocycles. The molecule has 2 amide bonds. The Balaban J connectivity index is 1.80. The van der Waals surface area contributed by atoms with Gasteiger partial charge < -0.3 is 10.2 Å². The first-order chi connectivity index (χ1) is 21.5. The van der Waals surface area contributed by atoms with Crippen LogP contribution in [0.1, 0.15) is 37.0 Å². The van der Waals surface area contributed by atoms with Crippen molar-refractivity contribution in [1.29, 1.82) is 0 Å². The first kappa shape index (κ1) is 33.9. The Labute approximate surface area is 273 Å². The second-order valence-corrected chi connectivity index (χ2v) is 13.8. The normalized spacial score (nSPS) is 12.6. The van der Waals surface area contributed by atoms with Crippen LogP contribution in [0, 0.1) is 12.7 Å². The molecule has 0 aliphatic heterocycles. The van der Waals surface area contributed by atoms with Crippen molar-refractivity contribution in [1.82, 2.24) is 10.2 Å². The summed E-state index contributed by atoms with van der Waals surface area (Å²) >= 11 is 3.44. The van der Waals surface area contributed by atoms with E-state index in [4.69, 9.17) is 0 Å². The highest BCUT2D eigenvalue weighted by atomic mass is 79.9. The van der Waals surface area contributed by atoms with Gasteiger partial charge in [0.15, 0.2) is 0 Å². The maximum Gasteiger partial charge on any atom is 0.264 e. The molecule has 0 spiro atoms. The number of halogens is 2. The number of hydrogen-bond donors (Lipinski definition) is 1. The number of amides is 2. The number of hydrogen-bond acceptors (Lipinski definition) is 4. The Morgan fingerprint density at radius 2 is 1.49 bits per heavy atom. The fourth-order valence-electron chi connectivity index (χ4n) is 4.76. The van der Waals surface area contributed by atoms with E-state index in [0.29, 0.717) is 6.42 Å². The minimum Gasteiger partial charge on any atom is -0.352 e. The highest BCUT2D eigenvalue weighted by molar-refractivity contribution is 9.10. The molecule has 45 heavy (non-hydrogen) atoms. The van der Waals surface area contributed by atoms with E-state index in [1.54, 1.807) is 24.3 Å². The quantitative estimate of drug-likeness (QED) is 0.170. The summed E-state index contributed by atoms with van der Waals surface area (Å²) in [5.41, 5.74) is 2.80. The number of rotatable bonds is 13. The summed E-state index contributed by atoms with van der Waals surface area (Å²) in [4.78, 5) is 29.6. The summed E-state index contributed by atoms with van der Waals surface area (Å²) < 4.78 is 43.6. The van der Waals surface area contributed by atoms with Crippen molar-refractivity contribution in [3.8, 4) is 0 Å². The molecule has 0 saturated carbocycles. The van der Waals surface area contributed by atoms with Crippen LogP contribution in [-0.2, 0) is 32.6 Å². The van der Waals surface area contributed by atoms with Gasteiger partial charge in [-0.1, -0.05) is 83.0 Å². The van der Waals surface area contributed by atoms with E-state index in [9.17, 15) is 22.4 Å². The molecule has 4 rings (SSSR count). The first-order valence-electron chi connectivity index (χ1n) is 14.7. The predicted molar refractivity (Wildman–Crippen MR) is 179 cm³/mol. The Bertz CT molecular complexity index is 1680. The van der Waals surface area contributed by atoms with Crippen LogP contribution >= 0.6 is 15.9 Å². The van der Waals surface area contributed by atoms with Crippen LogP contribution in [0.4, 0.5) is 10.1 Å². The zero-order chi connectivity index (χ0) is 32.6. The molecule has 0 fully saturated rings. The van der Waals surface area contributed by atoms with E-state index in [1.807, 2.05) is 75.4 Å². The summed E-state index contributed by atoms with van der Waals surface area (Å²) in [6.45, 7) is 5.21. The van der Waals surface area contributed by atoms with Crippen LogP contribution in [0.15, 0.2) is 112 Å². The van der Waals surface area contributed by atoms with Crippen LogP contribution in [-0.4, -0.2) is 43.8 Å². The maximum atomic E-state index is 14.5. The van der Waals surface area contributed by atoms with Gasteiger partial charge in [0.2, 0.25) is 11.8 Å². The first-order valence-corrected chi connectivity index (χ1v) is 16.9. The molecule has 0 bridgehead atoms. The molecule has 0 aliphatic carbocycles. The number of anilines is 1. The molecule has 4 aromatic rings. The van der Waals surface area contributed by atoms with Gasteiger partial charge in [-0.05, 0) is 79.9 Å². The Kier molecular flexibility index (Phi) is 11.5. The van der Waals surface area contributed by atoms with E-state index in [0.717, 1.165) is 37.6 Å². The molecule has 10 heteroatoms. The van der Waals surface area contributed by atoms with Crippen molar-refractivity contribution >= 4 is 43.5 Å². The fraction of sp³-hybridized carbons (Fsp3) is 0.257. The van der Waals surface area contributed by atoms with Crippen LogP contribution in [0.2, 0.25) is 0 Å². The molecule has 7 nitrogen and oxygen atoms in total. The lowest BCUT2D eigenvalue weighted by Gasteiger charge is -2.34. The van der Waals surface area contributed by atoms with Gasteiger partial charge in [-0.2, -0.15) is 0 Å². The van der Waals surface area contributed by atoms with Crippen molar-refractivity contribution in [3.05, 3.63) is 130 Å². The SMILES string of the molecule is CC[C@@H](C)NC(=O)[C@H](Cc1ccccc1)N(Cc1ccc(Br)cc1)C(=O)CN(c1ccc(C)cc1)S(=O)(=O)c1ccc(F)cc1. The number of carbonyl (C=O) groups is 2. The van der Waals surface area contributed by atoms with Gasteiger partial charge in [0.25, 0.3) is 10.0 Å². The van der Waals surface area contributed by atoms with Crippen molar-refractivity contribution in [2.24, 2.45) is 0 Å². The zero-order valence-electron chi connectivity index (χ0n) is 25.5. The van der Waals surface area contributed by atoms with E-state index < -0.39 is 34.3 Å². The highest BCUT2D eigenvalue weighted by Gasteiger charge is 2.35. The van der Waals surface area contributed by atoms with Crippen LogP contribution in [0.5, 0.6) is 0 Å². The van der Waals surface area contributed by atoms with Crippen molar-refractivity contribution in [2.45, 2.75) is 57.1 Å². The van der Waals surface area contributed by atoms with Gasteiger partial charge >= 0.3 is 0 Å². The van der Waals surface area contributed by atoms with Crippen molar-refractivity contribution < 1.29 is 22.4 Å². The lowest BCUT2D eigenvalue weighted by Crippen LogP contribution is -2.54. The molecule has 0 aliphatic rings. The minimum atomic E-state index is -4.31. The smallest absolute Gasteiger partial charge is 0.264 e. The summed E-state index contributed by atoms with van der Waals surface area (Å²) in [5, 5.41) is 3.03. The number of carbonyl (C=O) groups excluding carboxylic acids is 2. The van der Waals surface area contributed by atoms with Crippen molar-refractivity contribution in [3.63, 3.8) is 0 Å². The lowest BCUT2D eigenvalue weighted by molar-refractivity contribution is -0.140. The van der Waals surface area contributed by atoms with Gasteiger partial charge in [0.05, 0.1) is 10.6 Å². The summed E-state index contributed by atoms with van der Waals surface area (Å²) in [5.74, 6) is -1.48. The molecule has 0 aromatic heterocycles. The highest BCUT2D eigenvalue weighted by Crippen LogP contribution is 2.26. The summed E-state index contributed by atoms with van der Waals surface area (Å²) in [6.07, 6.45) is 0.919. The van der Waals surface area contributed by atoms with Crippen LogP contribution < -0.4 is 9.62 Å². The van der Waals surface area contributed by atoms with Gasteiger partial charge in [-0.15, -0.1) is 0 Å². The summed E-state index contributed by atoms with van der Waals surface area (Å²) in [7, 11) is -4.31. The van der Waals surface area contributed by atoms with E-state index in [2.05, 4.69) is 21.2 Å². The van der Waals surface area contributed by atoms with E-state index >= 15 is 0 Å². The average molecular weight is 695 g/mol. The van der Waals surface area contributed by atoms with Gasteiger partial charge in [0.1, 0.15) is 18.4 Å². The number of aryl methyl sites for hydroxylation is 1. The number of benzene rings is 4. The number of sulfonamides is 1. The maximum absolute atomic E-state index is 14.5. The molecule has 4 aromatic carbocycles. The monoisotopic (exact) mass is 693 g/mol. The van der Waals surface area contributed by atoms with Crippen LogP contribution in [0.25, 0.3) is 0 Å². The van der Waals surface area contributed by atoms with Crippen LogP contribution in [0.3, 0.4) is 0 Å². The molecular weight excluding hydrogens is 657 g/mol. The third-order valence-corrected chi connectivity index (χ3v) is 9.86. The van der Waals surface area contributed by atoms with Gasteiger partial charge in [-0.25, -0.2) is 12.8 Å². The molecular formula is C35H37BrFN3O4S. The second kappa shape index (κ2) is 15.3. The molecule has 2 atom stereocenters. The predicted octanol–water partition coefficient (Wildman–Crippen LogP) is 6.65. The lowest BCUT2D eigenvalue weighted by atomic mass is 10.0. The molecule has 1 N–H and O–H groups in total. The van der Waals surface area contributed by atoms with Gasteiger partial charge in [0, 0.05) is 23.5 Å². The standard InChI is InChI=1S/C35H37BrFN3O4S/c1-4-26(3)38-35(42)33(22-27-8-6-5-7-9-27)39(23-28-12-14-29(36)15-13-28)34(41)24-40(31-18-10-25(2)11-19-31)45(43,44)32-20-16-30(37)17-21-32/h5-21,26,33H,4,22-24H2,1-3H3,(H,38,42)/t26-,33+/m1/s1. The van der Waals surface area contributed by atoms with Crippen molar-refractivity contribution in [2.75, 3.05) is 10.8 Å². The summed E-state index contributed by atoms with van der Waals surface area (Å²) in [6, 6.07) is 27.0. The third-order valence-electron chi connectivity index (χ3n) is 7.54. The molecule has 236 valence electrons. The Morgan fingerprint density at radius 3 is 2.09 bits per heavy atom. The molecule has 0 unspecified atom stereocenters. The molecule has 0 radical (unpaired) electrons. The van der Waals surface area contributed by atoms with E-state index in [-0.39, 0.29) is 35.5 Å². The second-order valence-electron chi connectivity index (χ2n) is 11.0. The zero-order valence-corrected chi connectivity index (χ0v) is 27.9. The van der Waals surface area contributed by atoms with E-state index in [1.165, 1.54) is 17.0 Å². The number of nitrogens with one attached hydrogen (secondary N) is 1.